The van der Waals surface area contributed by atoms with Gasteiger partial charge in [0.2, 0.25) is 0 Å². The van der Waals surface area contributed by atoms with Crippen molar-refractivity contribution in [3.63, 3.8) is 0 Å². The Morgan fingerprint density at radius 1 is 1.12 bits per heavy atom. The molecule has 0 spiro atoms. The molecule has 7 N–H and O–H groups in total. The number of carbonyl (C=O) groups is 1. The van der Waals surface area contributed by atoms with Crippen LogP contribution in [0.1, 0.15) is 23.0 Å². The van der Waals surface area contributed by atoms with Crippen LogP contribution in [0.5, 0.6) is 0 Å². The van der Waals surface area contributed by atoms with Crippen molar-refractivity contribution in [3.05, 3.63) is 30.1 Å². The van der Waals surface area contributed by atoms with Gasteiger partial charge in [-0.3, -0.25) is 13.8 Å². The minimum absolute atomic E-state index is 0.102. The highest BCUT2D eigenvalue weighted by atomic mass is 31.3. The Kier molecular flexibility index (Phi) is 8.38. The van der Waals surface area contributed by atoms with Crippen molar-refractivity contribution >= 4 is 21.6 Å². The molecule has 2 aliphatic heterocycles. The van der Waals surface area contributed by atoms with E-state index in [0.717, 1.165) is 0 Å². The number of amides is 1. The van der Waals surface area contributed by atoms with Crippen LogP contribution in [0.25, 0.3) is 0 Å². The van der Waals surface area contributed by atoms with Gasteiger partial charge in [0.05, 0.1) is 19.3 Å². The van der Waals surface area contributed by atoms with Crippen LogP contribution in [-0.4, -0.2) is 81.4 Å². The second-order valence-corrected chi connectivity index (χ2v) is 10.4. The third-order valence-electron chi connectivity index (χ3n) is 4.92. The van der Waals surface area contributed by atoms with Gasteiger partial charge >= 0.3 is 15.6 Å². The molecule has 0 radical (unpaired) electrons. The third-order valence-corrected chi connectivity index (χ3v) is 7.52. The summed E-state index contributed by atoms with van der Waals surface area (Å²) in [5.41, 5.74) is 5.31. The molecule has 0 saturated carbocycles. The van der Waals surface area contributed by atoms with Gasteiger partial charge in [-0.2, -0.15) is 8.88 Å². The molecule has 1 aromatic rings. The second-order valence-electron chi connectivity index (χ2n) is 7.33. The molecule has 186 valence electrons. The van der Waals surface area contributed by atoms with Crippen molar-refractivity contribution in [2.75, 3.05) is 19.8 Å². The van der Waals surface area contributed by atoms with Gasteiger partial charge in [-0.25, -0.2) is 9.13 Å². The molecule has 2 unspecified atom stereocenters. The van der Waals surface area contributed by atoms with Crippen molar-refractivity contribution in [2.24, 2.45) is 5.73 Å². The van der Waals surface area contributed by atoms with Gasteiger partial charge in [0, 0.05) is 12.7 Å². The van der Waals surface area contributed by atoms with Crippen molar-refractivity contribution in [2.45, 2.75) is 43.2 Å². The first kappa shape index (κ1) is 26.3. The molecule has 0 aromatic carbocycles. The normalized spacial score (nSPS) is 33.5. The summed E-state index contributed by atoms with van der Waals surface area (Å²) in [6.45, 7) is -1.17. The number of phosphoric ester groups is 2. The predicted molar refractivity (Wildman–Crippen MR) is 104 cm³/mol. The molecule has 17 heteroatoms. The van der Waals surface area contributed by atoms with E-state index < -0.39 is 71.5 Å². The molecule has 8 atom stereocenters. The lowest BCUT2D eigenvalue weighted by Gasteiger charge is -2.20. The Morgan fingerprint density at radius 3 is 2.33 bits per heavy atom. The maximum Gasteiger partial charge on any atom is 0.481 e. The summed E-state index contributed by atoms with van der Waals surface area (Å²) < 4.78 is 49.2. The van der Waals surface area contributed by atoms with Crippen molar-refractivity contribution in [1.82, 2.24) is 0 Å². The van der Waals surface area contributed by atoms with Crippen LogP contribution in [0.3, 0.4) is 0 Å². The van der Waals surface area contributed by atoms with Crippen LogP contribution in [0.15, 0.2) is 24.5 Å². The van der Waals surface area contributed by atoms with E-state index in [1.165, 1.54) is 29.1 Å². The molecule has 0 bridgehead atoms. The van der Waals surface area contributed by atoms with Crippen LogP contribution < -0.4 is 10.3 Å². The zero-order chi connectivity index (χ0) is 24.4. The van der Waals surface area contributed by atoms with Crippen molar-refractivity contribution in [3.8, 4) is 0 Å². The lowest BCUT2D eigenvalue weighted by molar-refractivity contribution is -0.765. The van der Waals surface area contributed by atoms with E-state index >= 15 is 0 Å². The molecule has 2 aliphatic rings. The number of aliphatic hydroxyl groups is 3. The SMILES string of the molecule is NC(=O)c1ccc[n+]([C@@H]2O[C@H](COP(=O)(O)OP(=O)(O)OC[C@H]3OCC[C@@H]3O)[C@@H](O)[C@H]2O)c1. The highest BCUT2D eigenvalue weighted by Gasteiger charge is 2.49. The fourth-order valence-corrected chi connectivity index (χ4v) is 5.31. The second kappa shape index (κ2) is 10.5. The van der Waals surface area contributed by atoms with Gasteiger partial charge in [0.25, 0.3) is 12.1 Å². The Bertz CT molecular complexity index is 949. The lowest BCUT2D eigenvalue weighted by Crippen LogP contribution is -2.46. The van der Waals surface area contributed by atoms with Crippen LogP contribution in [0, 0.1) is 0 Å². The molecule has 15 nitrogen and oxygen atoms in total. The van der Waals surface area contributed by atoms with E-state index in [9.17, 15) is 39.0 Å². The number of hydrogen-bond donors (Lipinski definition) is 6. The molecule has 2 saturated heterocycles. The van der Waals surface area contributed by atoms with Crippen LogP contribution >= 0.6 is 15.6 Å². The molecule has 3 heterocycles. The molecule has 33 heavy (non-hydrogen) atoms. The number of aliphatic hydroxyl groups excluding tert-OH is 3. The maximum absolute atomic E-state index is 12.1. The largest absolute Gasteiger partial charge is 0.481 e. The third kappa shape index (κ3) is 6.85. The topological polar surface area (TPSA) is 228 Å². The number of nitrogens with zero attached hydrogens (tertiary/aromatic N) is 1. The Labute approximate surface area is 187 Å². The van der Waals surface area contributed by atoms with E-state index in [-0.39, 0.29) is 12.2 Å². The highest BCUT2D eigenvalue weighted by molar-refractivity contribution is 7.61. The summed E-state index contributed by atoms with van der Waals surface area (Å²) in [6, 6.07) is 2.88. The number of aromatic nitrogens is 1. The average molecular weight is 515 g/mol. The molecule has 2 fully saturated rings. The number of nitrogens with two attached hydrogens (primary N) is 1. The number of primary amides is 1. The van der Waals surface area contributed by atoms with Crippen molar-refractivity contribution < 1.29 is 66.4 Å². The summed E-state index contributed by atoms with van der Waals surface area (Å²) in [4.78, 5) is 30.7. The number of phosphoric acid groups is 2. The van der Waals surface area contributed by atoms with Gasteiger partial charge in [0.15, 0.2) is 18.5 Å². The number of pyridine rings is 1. The van der Waals surface area contributed by atoms with Crippen LogP contribution in [0.2, 0.25) is 0 Å². The number of ether oxygens (including phenoxy) is 2. The fourth-order valence-electron chi connectivity index (χ4n) is 3.22. The summed E-state index contributed by atoms with van der Waals surface area (Å²) in [6.07, 6.45) is -4.47. The van der Waals surface area contributed by atoms with Gasteiger partial charge < -0.3 is 40.3 Å². The fraction of sp³-hybridized carbons (Fsp3) is 0.625. The van der Waals surface area contributed by atoms with Gasteiger partial charge in [0.1, 0.15) is 23.9 Å². The number of carbonyl (C=O) groups excluding carboxylic acids is 1. The number of rotatable bonds is 10. The molecule has 1 aromatic heterocycles. The Balaban J connectivity index is 1.55. The van der Waals surface area contributed by atoms with Gasteiger partial charge in [-0.05, 0) is 12.5 Å². The monoisotopic (exact) mass is 515 g/mol. The lowest BCUT2D eigenvalue weighted by atomic mass is 10.1. The van der Waals surface area contributed by atoms with Crippen molar-refractivity contribution in [1.29, 1.82) is 0 Å². The van der Waals surface area contributed by atoms with Crippen LogP contribution in [0.4, 0.5) is 0 Å². The first-order valence-corrected chi connectivity index (χ1v) is 12.7. The van der Waals surface area contributed by atoms with E-state index in [4.69, 9.17) is 15.2 Å². The van der Waals surface area contributed by atoms with E-state index in [1.54, 1.807) is 0 Å². The molecule has 3 rings (SSSR count). The van der Waals surface area contributed by atoms with Crippen LogP contribution in [-0.2, 0) is 32.0 Å². The minimum Gasteiger partial charge on any atom is -0.390 e. The maximum atomic E-state index is 12.1. The van der Waals surface area contributed by atoms with Gasteiger partial charge in [-0.1, -0.05) is 0 Å². The van der Waals surface area contributed by atoms with E-state index in [1.807, 2.05) is 0 Å². The smallest absolute Gasteiger partial charge is 0.390 e. The quantitative estimate of drug-likeness (QED) is 0.148. The molecular formula is C16H25N2O13P2+. The van der Waals surface area contributed by atoms with E-state index in [2.05, 4.69) is 13.4 Å². The zero-order valence-corrected chi connectivity index (χ0v) is 18.8. The predicted octanol–water partition coefficient (Wildman–Crippen LogP) is -1.91. The summed E-state index contributed by atoms with van der Waals surface area (Å²) in [5, 5.41) is 30.0. The molecular weight excluding hydrogens is 490 g/mol. The highest BCUT2D eigenvalue weighted by Crippen LogP contribution is 2.60. The van der Waals surface area contributed by atoms with E-state index in [0.29, 0.717) is 6.42 Å². The Hall–Kier alpha value is -1.32. The average Bonchev–Trinajstić information content (AvgIpc) is 3.27. The first-order valence-electron chi connectivity index (χ1n) is 9.66. The standard InChI is InChI=1S/C16H24N2O13P2/c17-15(22)9-2-1-4-18(6-9)16-14(21)13(20)12(30-16)8-29-33(25,26)31-32(23,24)28-7-11-10(19)3-5-27-11/h1-2,4,6,10-14,16,19-21H,3,5,7-8H2,(H3-,17,22,23,24,25,26)/p+1/t10-,11+,12+,13+,14+,16+/m0/s1. The number of hydrogen-bond acceptors (Lipinski definition) is 11. The molecule has 0 aliphatic carbocycles. The molecule has 1 amide bonds. The first-order chi connectivity index (χ1) is 15.4. The minimum atomic E-state index is -5.18. The Morgan fingerprint density at radius 2 is 1.76 bits per heavy atom. The summed E-state index contributed by atoms with van der Waals surface area (Å²) in [7, 11) is -10.3. The summed E-state index contributed by atoms with van der Waals surface area (Å²) in [5.74, 6) is -0.736. The zero-order valence-electron chi connectivity index (χ0n) is 17.0. The summed E-state index contributed by atoms with van der Waals surface area (Å²) >= 11 is 0. The van der Waals surface area contributed by atoms with Gasteiger partial charge in [-0.15, -0.1) is 0 Å².